The van der Waals surface area contributed by atoms with Gasteiger partial charge in [0.2, 0.25) is 0 Å². The van der Waals surface area contributed by atoms with Gasteiger partial charge < -0.3 is 20.5 Å². The Morgan fingerprint density at radius 1 is 0.842 bits per heavy atom. The minimum absolute atomic E-state index is 0.137. The predicted octanol–water partition coefficient (Wildman–Crippen LogP) is 0.375. The van der Waals surface area contributed by atoms with Gasteiger partial charge in [0.15, 0.2) is 0 Å². The summed E-state index contributed by atoms with van der Waals surface area (Å²) in [4.78, 5) is 0. The second-order valence-electron chi connectivity index (χ2n) is 6.85. The summed E-state index contributed by atoms with van der Waals surface area (Å²) in [5.74, 6) is 1.59. The van der Waals surface area contributed by atoms with Gasteiger partial charge in [-0.2, -0.15) is 0 Å². The summed E-state index contributed by atoms with van der Waals surface area (Å²) in [6.45, 7) is 2.30. The Hall–Kier alpha value is -0.160. The first-order valence-corrected chi connectivity index (χ1v) is 8.03. The fourth-order valence-corrected chi connectivity index (χ4v) is 4.70. The molecule has 19 heavy (non-hydrogen) atoms. The SMILES string of the molecule is C[C@@H](C1CCCC1)C1C([NH+](C)[O-])CCCC1[NH+](C)[O-]. The molecule has 0 aromatic heterocycles. The summed E-state index contributed by atoms with van der Waals surface area (Å²) in [6, 6.07) is 0.275. The van der Waals surface area contributed by atoms with Crippen LogP contribution >= 0.6 is 0 Å². The fourth-order valence-electron chi connectivity index (χ4n) is 4.70. The van der Waals surface area contributed by atoms with Gasteiger partial charge in [0.05, 0.1) is 32.1 Å². The topological polar surface area (TPSA) is 55.0 Å². The van der Waals surface area contributed by atoms with Crippen LogP contribution in [-0.4, -0.2) is 26.2 Å². The number of rotatable bonds is 4. The van der Waals surface area contributed by atoms with E-state index < -0.39 is 0 Å². The van der Waals surface area contributed by atoms with Crippen LogP contribution < -0.4 is 10.1 Å². The van der Waals surface area contributed by atoms with Crippen LogP contribution in [0.15, 0.2) is 0 Å². The Morgan fingerprint density at radius 3 is 1.74 bits per heavy atom. The molecule has 2 fully saturated rings. The molecule has 0 aliphatic heterocycles. The molecule has 0 amide bonds. The van der Waals surface area contributed by atoms with E-state index in [2.05, 4.69) is 6.92 Å². The van der Waals surface area contributed by atoms with E-state index in [9.17, 15) is 10.4 Å². The average molecular weight is 270 g/mol. The fraction of sp³-hybridized carbons (Fsp3) is 1.00. The van der Waals surface area contributed by atoms with E-state index in [0.29, 0.717) is 22.0 Å². The zero-order chi connectivity index (χ0) is 14.0. The molecule has 112 valence electrons. The highest BCUT2D eigenvalue weighted by Crippen LogP contribution is 2.39. The highest BCUT2D eigenvalue weighted by molar-refractivity contribution is 4.89. The van der Waals surface area contributed by atoms with Gasteiger partial charge in [0.1, 0.15) is 0 Å². The smallest absolute Gasteiger partial charge is 0.0958 e. The number of nitrogens with one attached hydrogen (secondary N) is 2. The molecule has 5 atom stereocenters. The molecule has 4 nitrogen and oxygen atoms in total. The molecule has 2 aliphatic carbocycles. The Kier molecular flexibility index (Phi) is 5.23. The molecule has 2 aliphatic rings. The van der Waals surface area contributed by atoms with E-state index in [1.807, 2.05) is 0 Å². The molecular weight excluding hydrogens is 240 g/mol. The molecule has 0 saturated heterocycles. The molecule has 0 bridgehead atoms. The zero-order valence-electron chi connectivity index (χ0n) is 12.7. The van der Waals surface area contributed by atoms with Gasteiger partial charge in [-0.25, -0.2) is 0 Å². The Morgan fingerprint density at radius 2 is 1.32 bits per heavy atom. The molecule has 0 aromatic carbocycles. The largest absolute Gasteiger partial charge is 0.634 e. The summed E-state index contributed by atoms with van der Waals surface area (Å²) in [5.41, 5.74) is 0. The van der Waals surface area contributed by atoms with Crippen LogP contribution in [0.1, 0.15) is 51.9 Å². The zero-order valence-corrected chi connectivity index (χ0v) is 12.7. The van der Waals surface area contributed by atoms with Crippen molar-refractivity contribution < 1.29 is 10.1 Å². The molecule has 2 N–H and O–H groups in total. The van der Waals surface area contributed by atoms with Gasteiger partial charge >= 0.3 is 0 Å². The lowest BCUT2D eigenvalue weighted by Crippen LogP contribution is -3.15. The molecule has 0 heterocycles. The van der Waals surface area contributed by atoms with Crippen molar-refractivity contribution >= 4 is 0 Å². The Balaban J connectivity index is 2.16. The summed E-state index contributed by atoms with van der Waals surface area (Å²) >= 11 is 0. The third-order valence-electron chi connectivity index (χ3n) is 5.75. The standard InChI is InChI=1S/C15H30N2O2/c1-11(12-7-4-5-8-12)15-13(16(2)18)9-6-10-14(15)17(3)19/h11-17H,4-10H2,1-3H3/t11-,13?,14?,15?/m0/s1. The second kappa shape index (κ2) is 6.53. The third-order valence-corrected chi connectivity index (χ3v) is 5.75. The van der Waals surface area contributed by atoms with Crippen molar-refractivity contribution in [3.8, 4) is 0 Å². The van der Waals surface area contributed by atoms with Crippen molar-refractivity contribution in [2.75, 3.05) is 14.1 Å². The number of hydrogen-bond donors (Lipinski definition) is 2. The molecule has 0 spiro atoms. The molecule has 0 aromatic rings. The average Bonchev–Trinajstić information content (AvgIpc) is 2.90. The van der Waals surface area contributed by atoms with Crippen molar-refractivity contribution in [2.24, 2.45) is 17.8 Å². The third kappa shape index (κ3) is 3.30. The lowest BCUT2D eigenvalue weighted by Gasteiger charge is -2.47. The van der Waals surface area contributed by atoms with Gasteiger partial charge in [-0.3, -0.25) is 0 Å². The molecule has 4 unspecified atom stereocenters. The number of quaternary nitrogens is 2. The molecule has 2 saturated carbocycles. The van der Waals surface area contributed by atoms with Crippen LogP contribution in [-0.2, 0) is 0 Å². The van der Waals surface area contributed by atoms with Crippen molar-refractivity contribution in [1.82, 2.24) is 0 Å². The van der Waals surface area contributed by atoms with E-state index >= 15 is 0 Å². The van der Waals surface area contributed by atoms with Crippen molar-refractivity contribution in [1.29, 1.82) is 0 Å². The predicted molar refractivity (Wildman–Crippen MR) is 76.5 cm³/mol. The van der Waals surface area contributed by atoms with Gasteiger partial charge in [-0.15, -0.1) is 0 Å². The van der Waals surface area contributed by atoms with Gasteiger partial charge in [-0.1, -0.05) is 32.6 Å². The molecule has 4 heteroatoms. The first kappa shape index (κ1) is 15.2. The molecular formula is C15H30N2O2. The maximum Gasteiger partial charge on any atom is 0.0958 e. The molecule has 0 radical (unpaired) electrons. The van der Waals surface area contributed by atoms with Crippen LogP contribution in [0.4, 0.5) is 0 Å². The summed E-state index contributed by atoms with van der Waals surface area (Å²) in [5, 5.41) is 24.6. The maximum atomic E-state index is 12.0. The first-order valence-electron chi connectivity index (χ1n) is 8.03. The van der Waals surface area contributed by atoms with Crippen molar-refractivity contribution in [2.45, 2.75) is 64.0 Å². The highest BCUT2D eigenvalue weighted by atomic mass is 16.5. The Bertz CT molecular complexity index is 261. The summed E-state index contributed by atoms with van der Waals surface area (Å²) in [6.07, 6.45) is 8.30. The van der Waals surface area contributed by atoms with E-state index in [1.54, 1.807) is 14.1 Å². The lowest BCUT2D eigenvalue weighted by atomic mass is 9.69. The normalized spacial score (nSPS) is 38.1. The van der Waals surface area contributed by atoms with E-state index in [-0.39, 0.29) is 12.1 Å². The Labute approximate surface area is 117 Å². The van der Waals surface area contributed by atoms with E-state index in [4.69, 9.17) is 0 Å². The van der Waals surface area contributed by atoms with Crippen LogP contribution in [0.25, 0.3) is 0 Å². The minimum Gasteiger partial charge on any atom is -0.634 e. The van der Waals surface area contributed by atoms with Crippen molar-refractivity contribution in [3.63, 3.8) is 0 Å². The number of hydrogen-bond acceptors (Lipinski definition) is 2. The van der Waals surface area contributed by atoms with E-state index in [0.717, 1.165) is 25.2 Å². The van der Waals surface area contributed by atoms with Crippen LogP contribution in [0.5, 0.6) is 0 Å². The number of hydroxylamine groups is 4. The van der Waals surface area contributed by atoms with Gasteiger partial charge in [0.25, 0.3) is 0 Å². The van der Waals surface area contributed by atoms with Crippen molar-refractivity contribution in [3.05, 3.63) is 10.4 Å². The maximum absolute atomic E-state index is 12.0. The van der Waals surface area contributed by atoms with Crippen LogP contribution in [0.2, 0.25) is 0 Å². The molecule has 2 rings (SSSR count). The summed E-state index contributed by atoms with van der Waals surface area (Å²) < 4.78 is 0. The minimum atomic E-state index is 0.137. The van der Waals surface area contributed by atoms with Crippen LogP contribution in [0, 0.1) is 28.2 Å². The summed E-state index contributed by atoms with van der Waals surface area (Å²) in [7, 11) is 3.45. The first-order chi connectivity index (χ1) is 9.02. The van der Waals surface area contributed by atoms with Gasteiger partial charge in [-0.05, 0) is 18.3 Å². The second-order valence-corrected chi connectivity index (χ2v) is 6.85. The lowest BCUT2D eigenvalue weighted by molar-refractivity contribution is -0.894. The highest BCUT2D eigenvalue weighted by Gasteiger charge is 2.44. The van der Waals surface area contributed by atoms with Crippen LogP contribution in [0.3, 0.4) is 0 Å². The van der Waals surface area contributed by atoms with E-state index in [1.165, 1.54) is 25.7 Å². The quantitative estimate of drug-likeness (QED) is 0.726. The monoisotopic (exact) mass is 270 g/mol. The van der Waals surface area contributed by atoms with Gasteiger partial charge in [0, 0.05) is 12.8 Å².